The molecule has 1 unspecified atom stereocenters. The molecule has 0 aliphatic carbocycles. The molecule has 0 saturated heterocycles. The Hall–Kier alpha value is -1.31. The normalized spacial score (nSPS) is 12.4. The molecule has 0 fully saturated rings. The van der Waals surface area contributed by atoms with Crippen molar-refractivity contribution in [1.82, 2.24) is 0 Å². The van der Waals surface area contributed by atoms with Gasteiger partial charge in [-0.1, -0.05) is 45.4 Å². The molecule has 0 heterocycles. The average molecular weight is 248 g/mol. The van der Waals surface area contributed by atoms with E-state index in [1.165, 1.54) is 16.7 Å². The third-order valence-electron chi connectivity index (χ3n) is 3.50. The first-order valence-corrected chi connectivity index (χ1v) is 6.95. The lowest BCUT2D eigenvalue weighted by Crippen LogP contribution is -2.09. The van der Waals surface area contributed by atoms with Gasteiger partial charge in [0, 0.05) is 0 Å². The Kier molecular flexibility index (Phi) is 5.90. The van der Waals surface area contributed by atoms with Gasteiger partial charge in [-0.2, -0.15) is 0 Å². The maximum atomic E-state index is 11.0. The van der Waals surface area contributed by atoms with E-state index in [9.17, 15) is 4.79 Å². The van der Waals surface area contributed by atoms with Gasteiger partial charge in [0.1, 0.15) is 0 Å². The van der Waals surface area contributed by atoms with Crippen molar-refractivity contribution in [2.75, 3.05) is 0 Å². The molecular weight excluding hydrogens is 224 g/mol. The zero-order valence-electron chi connectivity index (χ0n) is 11.7. The summed E-state index contributed by atoms with van der Waals surface area (Å²) in [5.41, 5.74) is 3.85. The van der Waals surface area contributed by atoms with Crippen LogP contribution in [0.15, 0.2) is 18.2 Å². The second-order valence-electron chi connectivity index (χ2n) is 4.82. The van der Waals surface area contributed by atoms with E-state index in [0.717, 1.165) is 25.7 Å². The van der Waals surface area contributed by atoms with Crippen molar-refractivity contribution in [3.8, 4) is 0 Å². The molecule has 0 amide bonds. The molecule has 0 aliphatic rings. The Balaban J connectivity index is 3.10. The molecule has 1 aromatic carbocycles. The maximum Gasteiger partial charge on any atom is 0.303 e. The molecule has 0 aromatic heterocycles. The Morgan fingerprint density at radius 3 is 2.44 bits per heavy atom. The molecule has 1 atom stereocenters. The van der Waals surface area contributed by atoms with Gasteiger partial charge in [-0.15, -0.1) is 0 Å². The molecule has 2 heteroatoms. The first-order valence-electron chi connectivity index (χ1n) is 6.95. The second-order valence-corrected chi connectivity index (χ2v) is 4.82. The first kappa shape index (κ1) is 14.7. The molecular formula is C16H24O2. The highest BCUT2D eigenvalue weighted by Crippen LogP contribution is 2.29. The molecule has 0 spiro atoms. The molecule has 2 nitrogen and oxygen atoms in total. The fourth-order valence-corrected chi connectivity index (χ4v) is 2.49. The van der Waals surface area contributed by atoms with Gasteiger partial charge in [0.2, 0.25) is 0 Å². The number of hydrogen-bond acceptors (Lipinski definition) is 1. The summed E-state index contributed by atoms with van der Waals surface area (Å²) in [5.74, 6) is -0.536. The van der Waals surface area contributed by atoms with Crippen LogP contribution in [-0.2, 0) is 17.6 Å². The molecule has 1 rings (SSSR count). The van der Waals surface area contributed by atoms with E-state index in [1.807, 2.05) is 0 Å². The van der Waals surface area contributed by atoms with E-state index in [0.29, 0.717) is 0 Å². The predicted octanol–water partition coefficient (Wildman–Crippen LogP) is 4.17. The van der Waals surface area contributed by atoms with Crippen molar-refractivity contribution >= 4 is 5.97 Å². The van der Waals surface area contributed by atoms with Crippen LogP contribution in [0.4, 0.5) is 0 Å². The highest BCUT2D eigenvalue weighted by atomic mass is 16.4. The lowest BCUT2D eigenvalue weighted by molar-refractivity contribution is -0.137. The minimum Gasteiger partial charge on any atom is -0.481 e. The zero-order chi connectivity index (χ0) is 13.5. The van der Waals surface area contributed by atoms with Crippen molar-refractivity contribution in [2.45, 2.75) is 58.8 Å². The van der Waals surface area contributed by atoms with Crippen LogP contribution in [0, 0.1) is 0 Å². The number of rotatable bonds is 7. The summed E-state index contributed by atoms with van der Waals surface area (Å²) in [7, 11) is 0. The summed E-state index contributed by atoms with van der Waals surface area (Å²) >= 11 is 0. The maximum absolute atomic E-state index is 11.0. The van der Waals surface area contributed by atoms with Crippen molar-refractivity contribution < 1.29 is 9.90 Å². The van der Waals surface area contributed by atoms with Crippen molar-refractivity contribution in [3.05, 3.63) is 34.9 Å². The van der Waals surface area contributed by atoms with Gasteiger partial charge in [-0.3, -0.25) is 4.79 Å². The Bertz CT molecular complexity index is 396. The van der Waals surface area contributed by atoms with Crippen LogP contribution < -0.4 is 0 Å². The SMILES string of the molecule is CCCC(CC(=O)O)c1cc(CC)ccc1CC. The number of benzene rings is 1. The minimum atomic E-state index is -0.697. The van der Waals surface area contributed by atoms with E-state index in [-0.39, 0.29) is 12.3 Å². The molecule has 1 N–H and O–H groups in total. The summed E-state index contributed by atoms with van der Waals surface area (Å²) < 4.78 is 0. The number of aryl methyl sites for hydroxylation is 2. The highest BCUT2D eigenvalue weighted by Gasteiger charge is 2.17. The molecule has 100 valence electrons. The van der Waals surface area contributed by atoms with Gasteiger partial charge >= 0.3 is 5.97 Å². The minimum absolute atomic E-state index is 0.161. The number of aliphatic carboxylic acids is 1. The van der Waals surface area contributed by atoms with Crippen LogP contribution in [-0.4, -0.2) is 11.1 Å². The monoisotopic (exact) mass is 248 g/mol. The lowest BCUT2D eigenvalue weighted by atomic mass is 9.86. The molecule has 0 radical (unpaired) electrons. The van der Waals surface area contributed by atoms with E-state index in [2.05, 4.69) is 39.0 Å². The van der Waals surface area contributed by atoms with E-state index in [1.54, 1.807) is 0 Å². The number of hydrogen-bond donors (Lipinski definition) is 1. The summed E-state index contributed by atoms with van der Waals surface area (Å²) in [6, 6.07) is 6.53. The van der Waals surface area contributed by atoms with Gasteiger partial charge in [-0.25, -0.2) is 0 Å². The van der Waals surface area contributed by atoms with E-state index < -0.39 is 5.97 Å². The van der Waals surface area contributed by atoms with Gasteiger partial charge in [0.25, 0.3) is 0 Å². The lowest BCUT2D eigenvalue weighted by Gasteiger charge is -2.19. The summed E-state index contributed by atoms with van der Waals surface area (Å²) in [6.45, 7) is 6.38. The van der Waals surface area contributed by atoms with Crippen LogP contribution in [0.25, 0.3) is 0 Å². The summed E-state index contributed by atoms with van der Waals surface area (Å²) in [4.78, 5) is 11.0. The van der Waals surface area contributed by atoms with Crippen LogP contribution in [0.1, 0.15) is 62.6 Å². The van der Waals surface area contributed by atoms with Crippen LogP contribution >= 0.6 is 0 Å². The third kappa shape index (κ3) is 3.86. The van der Waals surface area contributed by atoms with Gasteiger partial charge < -0.3 is 5.11 Å². The van der Waals surface area contributed by atoms with Gasteiger partial charge in [-0.05, 0) is 41.9 Å². The molecule has 0 bridgehead atoms. The molecule has 0 aliphatic heterocycles. The standard InChI is InChI=1S/C16H24O2/c1-4-7-14(11-16(17)18)15-10-12(5-2)8-9-13(15)6-3/h8-10,14H,4-7,11H2,1-3H3,(H,17,18). The fourth-order valence-electron chi connectivity index (χ4n) is 2.49. The smallest absolute Gasteiger partial charge is 0.303 e. The molecule has 1 aromatic rings. The number of carboxylic acids is 1. The summed E-state index contributed by atoms with van der Waals surface area (Å²) in [5, 5.41) is 9.06. The quantitative estimate of drug-likeness (QED) is 0.786. The number of carboxylic acid groups (broad SMARTS) is 1. The largest absolute Gasteiger partial charge is 0.481 e. The summed E-state index contributed by atoms with van der Waals surface area (Å²) in [6.07, 6.45) is 4.19. The zero-order valence-corrected chi connectivity index (χ0v) is 11.7. The number of carbonyl (C=O) groups is 1. The third-order valence-corrected chi connectivity index (χ3v) is 3.50. The fraction of sp³-hybridized carbons (Fsp3) is 0.562. The van der Waals surface area contributed by atoms with E-state index in [4.69, 9.17) is 5.11 Å². The van der Waals surface area contributed by atoms with Gasteiger partial charge in [0.05, 0.1) is 6.42 Å². The van der Waals surface area contributed by atoms with Crippen molar-refractivity contribution in [3.63, 3.8) is 0 Å². The van der Waals surface area contributed by atoms with Gasteiger partial charge in [0.15, 0.2) is 0 Å². The van der Waals surface area contributed by atoms with E-state index >= 15 is 0 Å². The Morgan fingerprint density at radius 1 is 1.22 bits per heavy atom. The molecule has 0 saturated carbocycles. The predicted molar refractivity (Wildman–Crippen MR) is 75.1 cm³/mol. The Morgan fingerprint density at radius 2 is 1.94 bits per heavy atom. The van der Waals surface area contributed by atoms with Crippen molar-refractivity contribution in [1.29, 1.82) is 0 Å². The second kappa shape index (κ2) is 7.20. The topological polar surface area (TPSA) is 37.3 Å². The average Bonchev–Trinajstić information content (AvgIpc) is 2.37. The van der Waals surface area contributed by atoms with Crippen LogP contribution in [0.5, 0.6) is 0 Å². The highest BCUT2D eigenvalue weighted by molar-refractivity contribution is 5.68. The molecule has 18 heavy (non-hydrogen) atoms. The Labute approximate surface area is 110 Å². The van der Waals surface area contributed by atoms with Crippen molar-refractivity contribution in [2.24, 2.45) is 0 Å². The first-order chi connectivity index (χ1) is 8.62. The van der Waals surface area contributed by atoms with Crippen LogP contribution in [0.3, 0.4) is 0 Å². The van der Waals surface area contributed by atoms with Crippen LogP contribution in [0.2, 0.25) is 0 Å².